The van der Waals surface area contributed by atoms with Crippen LogP contribution in [0.15, 0.2) is 35.2 Å². The van der Waals surface area contributed by atoms with E-state index in [9.17, 15) is 9.59 Å². The van der Waals surface area contributed by atoms with Crippen LogP contribution in [0, 0.1) is 6.92 Å². The first-order chi connectivity index (χ1) is 15.4. The SMILES string of the molecule is Cc1cc2c(cc1-c1cc(C=C3SC(=O)NC3=O)ccc1OC(C)C)C(C)(C)CCC2(C)C. The quantitative estimate of drug-likeness (QED) is 0.490. The Morgan fingerprint density at radius 1 is 0.970 bits per heavy atom. The zero-order valence-corrected chi connectivity index (χ0v) is 21.4. The highest BCUT2D eigenvalue weighted by atomic mass is 32.2. The van der Waals surface area contributed by atoms with Gasteiger partial charge in [0.2, 0.25) is 0 Å². The van der Waals surface area contributed by atoms with Crippen LogP contribution >= 0.6 is 11.8 Å². The summed E-state index contributed by atoms with van der Waals surface area (Å²) < 4.78 is 6.20. The van der Waals surface area contributed by atoms with Crippen molar-refractivity contribution >= 4 is 29.0 Å². The second kappa shape index (κ2) is 8.35. The number of aryl methyl sites for hydroxylation is 1. The lowest BCUT2D eigenvalue weighted by Gasteiger charge is -2.42. The second-order valence-electron chi connectivity index (χ2n) is 10.8. The molecule has 2 amide bonds. The zero-order chi connectivity index (χ0) is 24.1. The van der Waals surface area contributed by atoms with Gasteiger partial charge in [-0.3, -0.25) is 14.9 Å². The van der Waals surface area contributed by atoms with E-state index < -0.39 is 0 Å². The molecule has 0 aromatic heterocycles. The third kappa shape index (κ3) is 4.61. The Balaban J connectivity index is 1.89. The van der Waals surface area contributed by atoms with E-state index >= 15 is 0 Å². The van der Waals surface area contributed by atoms with Gasteiger partial charge in [-0.05, 0) is 108 Å². The molecule has 1 heterocycles. The van der Waals surface area contributed by atoms with E-state index in [0.717, 1.165) is 40.6 Å². The summed E-state index contributed by atoms with van der Waals surface area (Å²) in [6.07, 6.45) is 4.13. The molecule has 174 valence electrons. The highest BCUT2D eigenvalue weighted by Gasteiger charge is 2.37. The van der Waals surface area contributed by atoms with Crippen molar-refractivity contribution in [1.29, 1.82) is 0 Å². The largest absolute Gasteiger partial charge is 0.490 e. The number of hydrogen-bond acceptors (Lipinski definition) is 4. The lowest BCUT2D eigenvalue weighted by atomic mass is 9.62. The van der Waals surface area contributed by atoms with Gasteiger partial charge in [-0.2, -0.15) is 0 Å². The van der Waals surface area contributed by atoms with Gasteiger partial charge in [-0.1, -0.05) is 39.8 Å². The fourth-order valence-electron chi connectivity index (χ4n) is 4.79. The number of rotatable bonds is 4. The molecule has 0 radical (unpaired) electrons. The van der Waals surface area contributed by atoms with E-state index in [1.165, 1.54) is 23.1 Å². The average molecular weight is 464 g/mol. The average Bonchev–Trinajstić information content (AvgIpc) is 3.03. The van der Waals surface area contributed by atoms with Crippen LogP contribution in [0.5, 0.6) is 5.75 Å². The van der Waals surface area contributed by atoms with Crippen LogP contribution in [0.3, 0.4) is 0 Å². The molecule has 0 saturated carbocycles. The number of amides is 2. The lowest BCUT2D eigenvalue weighted by molar-refractivity contribution is -0.115. The molecule has 2 aromatic rings. The molecule has 1 aliphatic heterocycles. The third-order valence-corrected chi connectivity index (χ3v) is 7.60. The van der Waals surface area contributed by atoms with Gasteiger partial charge in [0.15, 0.2) is 0 Å². The van der Waals surface area contributed by atoms with E-state index in [0.29, 0.717) is 4.91 Å². The van der Waals surface area contributed by atoms with Crippen molar-refractivity contribution in [3.05, 3.63) is 57.5 Å². The summed E-state index contributed by atoms with van der Waals surface area (Å²) in [6, 6.07) is 10.7. The first kappa shape index (κ1) is 23.6. The molecule has 2 aliphatic rings. The van der Waals surface area contributed by atoms with E-state index in [1.807, 2.05) is 26.0 Å². The Hall–Kier alpha value is -2.53. The molecule has 1 N–H and O–H groups in total. The maximum absolute atomic E-state index is 12.1. The van der Waals surface area contributed by atoms with Crippen LogP contribution < -0.4 is 10.1 Å². The van der Waals surface area contributed by atoms with Crippen LogP contribution in [0.25, 0.3) is 17.2 Å². The second-order valence-corrected chi connectivity index (χ2v) is 11.8. The van der Waals surface area contributed by atoms with Gasteiger partial charge in [0.1, 0.15) is 5.75 Å². The highest BCUT2D eigenvalue weighted by molar-refractivity contribution is 8.18. The summed E-state index contributed by atoms with van der Waals surface area (Å²) in [6.45, 7) is 15.6. The Morgan fingerprint density at radius 3 is 2.18 bits per heavy atom. The fraction of sp³-hybridized carbons (Fsp3) is 0.429. The zero-order valence-electron chi connectivity index (χ0n) is 20.6. The van der Waals surface area contributed by atoms with Crippen molar-refractivity contribution in [2.24, 2.45) is 0 Å². The minimum absolute atomic E-state index is 0.0371. The van der Waals surface area contributed by atoms with Crippen molar-refractivity contribution in [1.82, 2.24) is 5.32 Å². The molecule has 0 spiro atoms. The smallest absolute Gasteiger partial charge is 0.290 e. The highest BCUT2D eigenvalue weighted by Crippen LogP contribution is 2.48. The molecule has 4 nitrogen and oxygen atoms in total. The minimum Gasteiger partial charge on any atom is -0.490 e. The van der Waals surface area contributed by atoms with E-state index in [4.69, 9.17) is 4.74 Å². The maximum atomic E-state index is 12.1. The predicted octanol–water partition coefficient (Wildman–Crippen LogP) is 7.12. The standard InChI is InChI=1S/C28H33NO3S/c1-16(2)32-23-9-8-18(14-24-25(30)29-26(31)33-24)13-20(23)19-15-22-21(12-17(19)3)27(4,5)10-11-28(22,6)7/h8-9,12-16H,10-11H2,1-7H3,(H,29,30,31). The normalized spacial score (nSPS) is 20.2. The van der Waals surface area contributed by atoms with Crippen LogP contribution in [0.1, 0.15) is 76.6 Å². The molecule has 0 unspecified atom stereocenters. The Morgan fingerprint density at radius 2 is 1.61 bits per heavy atom. The van der Waals surface area contributed by atoms with Crippen molar-refractivity contribution in [3.8, 4) is 16.9 Å². The molecule has 1 saturated heterocycles. The first-order valence-corrected chi connectivity index (χ1v) is 12.4. The van der Waals surface area contributed by atoms with Crippen LogP contribution in [0.4, 0.5) is 4.79 Å². The topological polar surface area (TPSA) is 55.4 Å². The molecule has 5 heteroatoms. The van der Waals surface area contributed by atoms with Crippen LogP contribution in [-0.4, -0.2) is 17.3 Å². The summed E-state index contributed by atoms with van der Waals surface area (Å²) in [5, 5.41) is 1.99. The van der Waals surface area contributed by atoms with Crippen molar-refractivity contribution in [2.75, 3.05) is 0 Å². The Labute approximate surface area is 201 Å². The number of fused-ring (bicyclic) bond motifs is 1. The molecular weight excluding hydrogens is 430 g/mol. The predicted molar refractivity (Wildman–Crippen MR) is 137 cm³/mol. The molecular formula is C28H33NO3S. The summed E-state index contributed by atoms with van der Waals surface area (Å²) in [5.74, 6) is 0.477. The fourth-order valence-corrected chi connectivity index (χ4v) is 5.47. The van der Waals surface area contributed by atoms with E-state index in [-0.39, 0.29) is 28.1 Å². The molecule has 1 fully saturated rings. The first-order valence-electron chi connectivity index (χ1n) is 11.6. The number of hydrogen-bond donors (Lipinski definition) is 1. The van der Waals surface area contributed by atoms with Gasteiger partial charge in [-0.25, -0.2) is 0 Å². The number of imide groups is 1. The van der Waals surface area contributed by atoms with Gasteiger partial charge < -0.3 is 4.74 Å². The van der Waals surface area contributed by atoms with E-state index in [1.54, 1.807) is 6.08 Å². The summed E-state index contributed by atoms with van der Waals surface area (Å²) in [5.41, 5.74) is 7.31. The maximum Gasteiger partial charge on any atom is 0.290 e. The third-order valence-electron chi connectivity index (χ3n) is 6.79. The monoisotopic (exact) mass is 463 g/mol. The van der Waals surface area contributed by atoms with Gasteiger partial charge in [0.05, 0.1) is 11.0 Å². The molecule has 33 heavy (non-hydrogen) atoms. The number of carbonyl (C=O) groups is 2. The van der Waals surface area contributed by atoms with Gasteiger partial charge in [-0.15, -0.1) is 0 Å². The molecule has 0 atom stereocenters. The van der Waals surface area contributed by atoms with Crippen molar-refractivity contribution in [3.63, 3.8) is 0 Å². The Bertz CT molecular complexity index is 1170. The summed E-state index contributed by atoms with van der Waals surface area (Å²) in [4.78, 5) is 24.1. The van der Waals surface area contributed by atoms with Gasteiger partial charge in [0, 0.05) is 5.56 Å². The number of nitrogens with one attached hydrogen (secondary N) is 1. The van der Waals surface area contributed by atoms with Crippen molar-refractivity contribution in [2.45, 2.75) is 78.2 Å². The Kier molecular flexibility index (Phi) is 5.98. The van der Waals surface area contributed by atoms with E-state index in [2.05, 4.69) is 58.1 Å². The van der Waals surface area contributed by atoms with Gasteiger partial charge in [0.25, 0.3) is 11.1 Å². The summed E-state index contributed by atoms with van der Waals surface area (Å²) in [7, 11) is 0. The van der Waals surface area contributed by atoms with Crippen molar-refractivity contribution < 1.29 is 14.3 Å². The molecule has 0 bridgehead atoms. The molecule has 4 rings (SSSR count). The number of benzene rings is 2. The molecule has 1 aliphatic carbocycles. The molecule has 2 aromatic carbocycles. The minimum atomic E-state index is -0.344. The lowest BCUT2D eigenvalue weighted by Crippen LogP contribution is -2.34. The number of carbonyl (C=O) groups excluding carboxylic acids is 2. The van der Waals surface area contributed by atoms with Crippen LogP contribution in [-0.2, 0) is 15.6 Å². The number of ether oxygens (including phenoxy) is 1. The number of thioether (sulfide) groups is 1. The van der Waals surface area contributed by atoms with Crippen LogP contribution in [0.2, 0.25) is 0 Å². The summed E-state index contributed by atoms with van der Waals surface area (Å²) >= 11 is 0.937. The van der Waals surface area contributed by atoms with Gasteiger partial charge >= 0.3 is 0 Å².